The van der Waals surface area contributed by atoms with Gasteiger partial charge in [-0.1, -0.05) is 52.0 Å². The molecule has 0 aliphatic heterocycles. The maximum atomic E-state index is 11.5. The number of benzene rings is 1. The second kappa shape index (κ2) is 5.59. The van der Waals surface area contributed by atoms with Gasteiger partial charge in [-0.25, -0.2) is 0 Å². The van der Waals surface area contributed by atoms with E-state index in [0.717, 1.165) is 19.3 Å². The minimum Gasteiger partial charge on any atom is -0.481 e. The summed E-state index contributed by atoms with van der Waals surface area (Å²) in [7, 11) is 0. The lowest BCUT2D eigenvalue weighted by Crippen LogP contribution is -2.28. The van der Waals surface area contributed by atoms with Crippen molar-refractivity contribution in [1.82, 2.24) is 0 Å². The van der Waals surface area contributed by atoms with Gasteiger partial charge in [-0.15, -0.1) is 0 Å². The molecule has 0 heterocycles. The molecule has 1 aliphatic carbocycles. The van der Waals surface area contributed by atoms with Crippen molar-refractivity contribution >= 4 is 5.97 Å². The standard InChI is InChI=1S/C18H26O2/c1-12-5-10-15(17(19)20)16(11-12)13-6-8-14(9-7-13)18(2,3)4/h6-9,12,15-16H,5,10-11H2,1-4H3,(H,19,20). The van der Waals surface area contributed by atoms with Crippen molar-refractivity contribution in [3.8, 4) is 0 Å². The van der Waals surface area contributed by atoms with Crippen LogP contribution in [0.25, 0.3) is 0 Å². The molecular weight excluding hydrogens is 248 g/mol. The first-order valence-corrected chi connectivity index (χ1v) is 7.62. The van der Waals surface area contributed by atoms with Gasteiger partial charge in [-0.3, -0.25) is 4.79 Å². The van der Waals surface area contributed by atoms with Crippen molar-refractivity contribution in [3.63, 3.8) is 0 Å². The highest BCUT2D eigenvalue weighted by atomic mass is 16.4. The van der Waals surface area contributed by atoms with E-state index in [2.05, 4.69) is 52.0 Å². The number of hydrogen-bond donors (Lipinski definition) is 1. The maximum Gasteiger partial charge on any atom is 0.307 e. The van der Waals surface area contributed by atoms with Gasteiger partial charge >= 0.3 is 5.97 Å². The van der Waals surface area contributed by atoms with Gasteiger partial charge in [0.1, 0.15) is 0 Å². The molecule has 110 valence electrons. The summed E-state index contributed by atoms with van der Waals surface area (Å²) in [6.45, 7) is 8.83. The molecule has 1 aliphatic rings. The molecule has 2 rings (SSSR count). The number of carboxylic acids is 1. The van der Waals surface area contributed by atoms with Gasteiger partial charge in [0, 0.05) is 0 Å². The van der Waals surface area contributed by atoms with Crippen molar-refractivity contribution in [3.05, 3.63) is 35.4 Å². The zero-order valence-corrected chi connectivity index (χ0v) is 13.0. The summed E-state index contributed by atoms with van der Waals surface area (Å²) >= 11 is 0. The Morgan fingerprint density at radius 1 is 1.15 bits per heavy atom. The Balaban J connectivity index is 2.26. The number of carboxylic acid groups (broad SMARTS) is 1. The SMILES string of the molecule is CC1CCC(C(=O)O)C(c2ccc(C(C)(C)C)cc2)C1. The lowest BCUT2D eigenvalue weighted by Gasteiger charge is -2.33. The summed E-state index contributed by atoms with van der Waals surface area (Å²) < 4.78 is 0. The van der Waals surface area contributed by atoms with E-state index in [9.17, 15) is 9.90 Å². The van der Waals surface area contributed by atoms with Crippen molar-refractivity contribution in [2.24, 2.45) is 11.8 Å². The Labute approximate surface area is 122 Å². The van der Waals surface area contributed by atoms with Crippen LogP contribution in [0.1, 0.15) is 64.0 Å². The van der Waals surface area contributed by atoms with E-state index in [1.165, 1.54) is 11.1 Å². The molecule has 0 radical (unpaired) electrons. The van der Waals surface area contributed by atoms with Crippen LogP contribution in [-0.2, 0) is 10.2 Å². The molecule has 2 nitrogen and oxygen atoms in total. The third kappa shape index (κ3) is 3.23. The van der Waals surface area contributed by atoms with Crippen LogP contribution in [0.3, 0.4) is 0 Å². The fourth-order valence-corrected chi connectivity index (χ4v) is 3.28. The lowest BCUT2D eigenvalue weighted by atomic mass is 9.71. The first-order valence-electron chi connectivity index (χ1n) is 7.62. The van der Waals surface area contributed by atoms with E-state index in [-0.39, 0.29) is 17.3 Å². The third-order valence-electron chi connectivity index (χ3n) is 4.63. The monoisotopic (exact) mass is 274 g/mol. The van der Waals surface area contributed by atoms with Gasteiger partial charge in [0.05, 0.1) is 5.92 Å². The van der Waals surface area contributed by atoms with Crippen LogP contribution in [-0.4, -0.2) is 11.1 Å². The first-order chi connectivity index (χ1) is 9.29. The average Bonchev–Trinajstić information content (AvgIpc) is 2.37. The minimum atomic E-state index is -0.637. The van der Waals surface area contributed by atoms with Gasteiger partial charge in [-0.05, 0) is 47.6 Å². The molecule has 3 atom stereocenters. The predicted octanol–water partition coefficient (Wildman–Crippen LogP) is 4.59. The predicted molar refractivity (Wildman–Crippen MR) is 82.0 cm³/mol. The molecule has 1 fully saturated rings. The Kier molecular flexibility index (Phi) is 4.22. The van der Waals surface area contributed by atoms with Gasteiger partial charge < -0.3 is 5.11 Å². The quantitative estimate of drug-likeness (QED) is 0.856. The van der Waals surface area contributed by atoms with E-state index in [1.807, 2.05) is 0 Å². The normalized spacial score (nSPS) is 27.3. The summed E-state index contributed by atoms with van der Waals surface area (Å²) in [4.78, 5) is 11.5. The first kappa shape index (κ1) is 15.1. The van der Waals surface area contributed by atoms with Crippen LogP contribution in [0.4, 0.5) is 0 Å². The highest BCUT2D eigenvalue weighted by Gasteiger charge is 2.34. The smallest absolute Gasteiger partial charge is 0.307 e. The Morgan fingerprint density at radius 2 is 1.75 bits per heavy atom. The molecule has 20 heavy (non-hydrogen) atoms. The van der Waals surface area contributed by atoms with Crippen molar-refractivity contribution in [1.29, 1.82) is 0 Å². The van der Waals surface area contributed by atoms with E-state index in [1.54, 1.807) is 0 Å². The van der Waals surface area contributed by atoms with Crippen LogP contribution >= 0.6 is 0 Å². The molecule has 1 N–H and O–H groups in total. The Hall–Kier alpha value is -1.31. The lowest BCUT2D eigenvalue weighted by molar-refractivity contribution is -0.143. The topological polar surface area (TPSA) is 37.3 Å². The maximum absolute atomic E-state index is 11.5. The van der Waals surface area contributed by atoms with Crippen LogP contribution in [0, 0.1) is 11.8 Å². The molecule has 2 heteroatoms. The Morgan fingerprint density at radius 3 is 2.25 bits per heavy atom. The highest BCUT2D eigenvalue weighted by molar-refractivity contribution is 5.71. The molecular formula is C18H26O2. The van der Waals surface area contributed by atoms with Gasteiger partial charge in [0.15, 0.2) is 0 Å². The van der Waals surface area contributed by atoms with Crippen molar-refractivity contribution in [2.45, 2.75) is 58.3 Å². The number of rotatable bonds is 2. The van der Waals surface area contributed by atoms with Crippen molar-refractivity contribution in [2.75, 3.05) is 0 Å². The van der Waals surface area contributed by atoms with E-state index < -0.39 is 5.97 Å². The summed E-state index contributed by atoms with van der Waals surface area (Å²) in [5.41, 5.74) is 2.64. The second-order valence-corrected chi connectivity index (χ2v) is 7.34. The van der Waals surface area contributed by atoms with E-state index >= 15 is 0 Å². The molecule has 0 aromatic heterocycles. The molecule has 3 unspecified atom stereocenters. The summed E-state index contributed by atoms with van der Waals surface area (Å²) in [6, 6.07) is 8.60. The fraction of sp³-hybridized carbons (Fsp3) is 0.611. The van der Waals surface area contributed by atoms with Crippen LogP contribution in [0.2, 0.25) is 0 Å². The number of hydrogen-bond acceptors (Lipinski definition) is 1. The summed E-state index contributed by atoms with van der Waals surface area (Å²) in [6.07, 6.45) is 2.83. The molecule has 0 spiro atoms. The van der Waals surface area contributed by atoms with E-state index in [0.29, 0.717) is 5.92 Å². The summed E-state index contributed by atoms with van der Waals surface area (Å²) in [5, 5.41) is 9.44. The van der Waals surface area contributed by atoms with Crippen LogP contribution < -0.4 is 0 Å². The van der Waals surface area contributed by atoms with Gasteiger partial charge in [-0.2, -0.15) is 0 Å². The van der Waals surface area contributed by atoms with Crippen LogP contribution in [0.5, 0.6) is 0 Å². The molecule has 0 saturated heterocycles. The summed E-state index contributed by atoms with van der Waals surface area (Å²) in [5.74, 6) is -0.0587. The molecule has 0 bridgehead atoms. The largest absolute Gasteiger partial charge is 0.481 e. The number of aliphatic carboxylic acids is 1. The average molecular weight is 274 g/mol. The molecule has 1 saturated carbocycles. The zero-order valence-electron chi connectivity index (χ0n) is 13.0. The van der Waals surface area contributed by atoms with Crippen LogP contribution in [0.15, 0.2) is 24.3 Å². The minimum absolute atomic E-state index is 0.143. The van der Waals surface area contributed by atoms with Gasteiger partial charge in [0.2, 0.25) is 0 Å². The molecule has 1 aromatic carbocycles. The number of carbonyl (C=O) groups is 1. The van der Waals surface area contributed by atoms with Crippen molar-refractivity contribution < 1.29 is 9.90 Å². The molecule has 1 aromatic rings. The third-order valence-corrected chi connectivity index (χ3v) is 4.63. The highest BCUT2D eigenvalue weighted by Crippen LogP contribution is 2.41. The zero-order chi connectivity index (χ0) is 14.9. The van der Waals surface area contributed by atoms with Gasteiger partial charge in [0.25, 0.3) is 0 Å². The second-order valence-electron chi connectivity index (χ2n) is 7.34. The molecule has 0 amide bonds. The van der Waals surface area contributed by atoms with E-state index in [4.69, 9.17) is 0 Å². The Bertz CT molecular complexity index is 467. The fourth-order valence-electron chi connectivity index (χ4n) is 3.28.